The molecule has 5 heteroatoms. The summed E-state index contributed by atoms with van der Waals surface area (Å²) in [6, 6.07) is 18.1. The number of carbonyl (C=O) groups is 2. The van der Waals surface area contributed by atoms with Crippen molar-refractivity contribution in [2.75, 3.05) is 13.1 Å². The van der Waals surface area contributed by atoms with Crippen molar-refractivity contribution in [3.05, 3.63) is 82.4 Å². The summed E-state index contributed by atoms with van der Waals surface area (Å²) < 4.78 is 6.15. The largest absolute Gasteiger partial charge is 0.446 e. The zero-order valence-corrected chi connectivity index (χ0v) is 18.8. The fraction of sp³-hybridized carbons (Fsp3) is 0.407. The summed E-state index contributed by atoms with van der Waals surface area (Å²) in [5.41, 5.74) is 4.44. The molecule has 2 unspecified atom stereocenters. The Balaban J connectivity index is 1.44. The van der Waals surface area contributed by atoms with Gasteiger partial charge in [0.05, 0.1) is 6.04 Å². The Hall–Kier alpha value is -2.92. The highest BCUT2D eigenvalue weighted by molar-refractivity contribution is 5.94. The maximum Gasteiger partial charge on any atom is 0.335 e. The number of cyclic esters (lactones) is 1. The normalized spacial score (nSPS) is 24.9. The molecule has 2 aromatic carbocycles. The number of carbonyl (C=O) groups excluding carboxylic acids is 2. The highest BCUT2D eigenvalue weighted by atomic mass is 16.6. The first-order valence-electron chi connectivity index (χ1n) is 11.6. The van der Waals surface area contributed by atoms with Gasteiger partial charge in [0.2, 0.25) is 5.91 Å². The molecule has 3 aliphatic rings. The lowest BCUT2D eigenvalue weighted by molar-refractivity contribution is -0.149. The molecular formula is C27H30N2O3. The molecule has 1 amide bonds. The molecule has 3 heterocycles. The summed E-state index contributed by atoms with van der Waals surface area (Å²) in [4.78, 5) is 28.3. The Labute approximate surface area is 189 Å². The molecule has 0 spiro atoms. The number of ether oxygens (including phenoxy) is 1. The third-order valence-electron chi connectivity index (χ3n) is 6.97. The molecule has 0 saturated carbocycles. The van der Waals surface area contributed by atoms with Crippen LogP contribution in [0.5, 0.6) is 0 Å². The second-order valence-electron chi connectivity index (χ2n) is 9.55. The molecular weight excluding hydrogens is 400 g/mol. The molecule has 0 bridgehead atoms. The van der Waals surface area contributed by atoms with Gasteiger partial charge >= 0.3 is 5.97 Å². The Bertz CT molecular complexity index is 1080. The van der Waals surface area contributed by atoms with Gasteiger partial charge in [0.15, 0.2) is 5.60 Å². The summed E-state index contributed by atoms with van der Waals surface area (Å²) >= 11 is 0. The summed E-state index contributed by atoms with van der Waals surface area (Å²) in [6.07, 6.45) is 1.96. The van der Waals surface area contributed by atoms with Gasteiger partial charge in [0, 0.05) is 30.8 Å². The zero-order chi connectivity index (χ0) is 22.3. The van der Waals surface area contributed by atoms with Gasteiger partial charge in [-0.05, 0) is 41.9 Å². The molecule has 1 N–H and O–H groups in total. The van der Waals surface area contributed by atoms with Crippen LogP contribution in [-0.2, 0) is 32.9 Å². The van der Waals surface area contributed by atoms with Gasteiger partial charge in [-0.3, -0.25) is 4.79 Å². The van der Waals surface area contributed by atoms with Gasteiger partial charge in [-0.1, -0.05) is 68.4 Å². The van der Waals surface area contributed by atoms with E-state index in [9.17, 15) is 9.59 Å². The second kappa shape index (κ2) is 8.21. The van der Waals surface area contributed by atoms with Crippen LogP contribution in [0.25, 0.3) is 0 Å². The first kappa shape index (κ1) is 21.0. The summed E-state index contributed by atoms with van der Waals surface area (Å²) in [5.74, 6) is 0.218. The number of nitrogens with zero attached hydrogens (tertiary/aromatic N) is 1. The monoisotopic (exact) mass is 430 g/mol. The third-order valence-corrected chi connectivity index (χ3v) is 6.97. The van der Waals surface area contributed by atoms with E-state index >= 15 is 0 Å². The van der Waals surface area contributed by atoms with Crippen LogP contribution >= 0.6 is 0 Å². The molecule has 2 atom stereocenters. The fourth-order valence-corrected chi connectivity index (χ4v) is 5.48. The minimum Gasteiger partial charge on any atom is -0.446 e. The SMILES string of the molecule is CC(C)CC1(c2ccccc2)OC(=O)C2=C1CN(C(=O)C1Cc3ccccc3CN1)CC2. The van der Waals surface area contributed by atoms with Crippen molar-refractivity contribution < 1.29 is 14.3 Å². The van der Waals surface area contributed by atoms with Crippen LogP contribution < -0.4 is 5.32 Å². The lowest BCUT2D eigenvalue weighted by Crippen LogP contribution is -2.52. The van der Waals surface area contributed by atoms with Crippen molar-refractivity contribution in [3.8, 4) is 0 Å². The Morgan fingerprint density at radius 1 is 1.12 bits per heavy atom. The average molecular weight is 431 g/mol. The molecule has 0 radical (unpaired) electrons. The van der Waals surface area contributed by atoms with Gasteiger partial charge in [0.25, 0.3) is 0 Å². The third kappa shape index (κ3) is 3.55. The van der Waals surface area contributed by atoms with Crippen LogP contribution in [0.2, 0.25) is 0 Å². The average Bonchev–Trinajstić information content (AvgIpc) is 3.10. The Morgan fingerprint density at radius 2 is 1.84 bits per heavy atom. The topological polar surface area (TPSA) is 58.6 Å². The van der Waals surface area contributed by atoms with E-state index in [2.05, 4.69) is 31.3 Å². The minimum atomic E-state index is -0.784. The van der Waals surface area contributed by atoms with E-state index in [1.54, 1.807) is 0 Å². The van der Waals surface area contributed by atoms with Crippen molar-refractivity contribution in [2.24, 2.45) is 5.92 Å². The van der Waals surface area contributed by atoms with Crippen molar-refractivity contribution in [1.29, 1.82) is 0 Å². The number of nitrogens with one attached hydrogen (secondary N) is 1. The number of rotatable bonds is 4. The fourth-order valence-electron chi connectivity index (χ4n) is 5.48. The van der Waals surface area contributed by atoms with Gasteiger partial charge < -0.3 is 15.0 Å². The Kier molecular flexibility index (Phi) is 5.38. The van der Waals surface area contributed by atoms with Gasteiger partial charge in [-0.15, -0.1) is 0 Å². The van der Waals surface area contributed by atoms with Crippen LogP contribution in [0.15, 0.2) is 65.7 Å². The van der Waals surface area contributed by atoms with E-state index < -0.39 is 5.60 Å². The van der Waals surface area contributed by atoms with E-state index in [1.165, 1.54) is 11.1 Å². The van der Waals surface area contributed by atoms with E-state index in [1.807, 2.05) is 47.4 Å². The lowest BCUT2D eigenvalue weighted by atomic mass is 9.77. The first-order chi connectivity index (χ1) is 15.5. The highest BCUT2D eigenvalue weighted by Crippen LogP contribution is 2.48. The molecule has 0 aliphatic carbocycles. The standard InChI is InChI=1S/C27H30N2O3/c1-18(2)15-27(21-10-4-3-5-11-21)23-17-29(13-12-22(23)26(31)32-27)25(30)24-14-19-8-6-7-9-20(19)16-28-24/h3-11,18,24,28H,12-17H2,1-2H3. The molecule has 0 saturated heterocycles. The first-order valence-corrected chi connectivity index (χ1v) is 11.6. The molecule has 0 fully saturated rings. The van der Waals surface area contributed by atoms with Gasteiger partial charge in [0.1, 0.15) is 0 Å². The molecule has 5 rings (SSSR count). The zero-order valence-electron chi connectivity index (χ0n) is 18.8. The predicted molar refractivity (Wildman–Crippen MR) is 123 cm³/mol. The molecule has 2 aromatic rings. The van der Waals surface area contributed by atoms with Gasteiger partial charge in [-0.2, -0.15) is 0 Å². The van der Waals surface area contributed by atoms with E-state index in [4.69, 9.17) is 4.74 Å². The molecule has 32 heavy (non-hydrogen) atoms. The van der Waals surface area contributed by atoms with Gasteiger partial charge in [-0.25, -0.2) is 4.79 Å². The van der Waals surface area contributed by atoms with Crippen LogP contribution in [0.1, 0.15) is 43.4 Å². The summed E-state index contributed by atoms with van der Waals surface area (Å²) in [5, 5.41) is 3.42. The quantitative estimate of drug-likeness (QED) is 0.751. The van der Waals surface area contributed by atoms with Crippen molar-refractivity contribution in [2.45, 2.75) is 51.3 Å². The maximum atomic E-state index is 13.5. The van der Waals surface area contributed by atoms with E-state index in [-0.39, 0.29) is 17.9 Å². The van der Waals surface area contributed by atoms with Crippen molar-refractivity contribution in [3.63, 3.8) is 0 Å². The minimum absolute atomic E-state index is 0.108. The summed E-state index contributed by atoms with van der Waals surface area (Å²) in [6.45, 7) is 6.00. The number of hydrogen-bond acceptors (Lipinski definition) is 4. The molecule has 0 aromatic heterocycles. The number of esters is 1. The van der Waals surface area contributed by atoms with E-state index in [0.29, 0.717) is 44.8 Å². The molecule has 166 valence electrons. The highest BCUT2D eigenvalue weighted by Gasteiger charge is 2.51. The molecule has 5 nitrogen and oxygen atoms in total. The lowest BCUT2D eigenvalue weighted by Gasteiger charge is -2.38. The van der Waals surface area contributed by atoms with Crippen LogP contribution in [0, 0.1) is 5.92 Å². The number of hydrogen-bond donors (Lipinski definition) is 1. The van der Waals surface area contributed by atoms with Crippen molar-refractivity contribution in [1.82, 2.24) is 10.2 Å². The van der Waals surface area contributed by atoms with Crippen molar-refractivity contribution >= 4 is 11.9 Å². The van der Waals surface area contributed by atoms with Crippen LogP contribution in [0.3, 0.4) is 0 Å². The smallest absolute Gasteiger partial charge is 0.335 e. The molecule has 3 aliphatic heterocycles. The van der Waals surface area contributed by atoms with Crippen LogP contribution in [0.4, 0.5) is 0 Å². The van der Waals surface area contributed by atoms with E-state index in [0.717, 1.165) is 16.7 Å². The number of amides is 1. The predicted octanol–water partition coefficient (Wildman–Crippen LogP) is 3.73. The second-order valence-corrected chi connectivity index (χ2v) is 9.55. The summed E-state index contributed by atoms with van der Waals surface area (Å²) in [7, 11) is 0. The number of fused-ring (bicyclic) bond motifs is 1. The Morgan fingerprint density at radius 3 is 2.59 bits per heavy atom. The van der Waals surface area contributed by atoms with Crippen LogP contribution in [-0.4, -0.2) is 35.9 Å². The maximum absolute atomic E-state index is 13.5. The number of benzene rings is 2.